The number of nitrogens with zero attached hydrogens (tertiary/aromatic N) is 2. The molecule has 4 rings (SSSR count). The van der Waals surface area contributed by atoms with Crippen molar-refractivity contribution in [2.45, 2.75) is 18.8 Å². The Morgan fingerprint density at radius 2 is 1.78 bits per heavy atom. The van der Waals surface area contributed by atoms with E-state index in [2.05, 4.69) is 15.6 Å². The van der Waals surface area contributed by atoms with Gasteiger partial charge in [-0.2, -0.15) is 0 Å². The molecule has 0 radical (unpaired) electrons. The maximum Gasteiger partial charge on any atom is 0.323 e. The third-order valence-electron chi connectivity index (χ3n) is 5.35. The zero-order chi connectivity index (χ0) is 22.7. The Kier molecular flexibility index (Phi) is 6.80. The number of halogens is 1. The van der Waals surface area contributed by atoms with Crippen LogP contribution in [0.5, 0.6) is 0 Å². The second kappa shape index (κ2) is 9.58. The number of amides is 2. The number of rotatable bonds is 5. The molecular weight excluding hydrogens is 468 g/mol. The molecule has 1 saturated heterocycles. The molecule has 1 aliphatic rings. The largest absolute Gasteiger partial charge is 0.323 e. The molecule has 2 amide bonds. The Morgan fingerprint density at radius 1 is 1.09 bits per heavy atom. The second-order valence-electron chi connectivity index (χ2n) is 7.64. The minimum absolute atomic E-state index is 0.279. The van der Waals surface area contributed by atoms with Gasteiger partial charge in [-0.05, 0) is 42.7 Å². The van der Waals surface area contributed by atoms with Gasteiger partial charge in [-0.3, -0.25) is 0 Å². The summed E-state index contributed by atoms with van der Waals surface area (Å²) in [4.78, 5) is 17.8. The van der Waals surface area contributed by atoms with Crippen LogP contribution < -0.4 is 10.6 Å². The summed E-state index contributed by atoms with van der Waals surface area (Å²) in [5, 5.41) is 7.03. The van der Waals surface area contributed by atoms with Gasteiger partial charge in [0.2, 0.25) is 10.0 Å². The smallest absolute Gasteiger partial charge is 0.308 e. The first kappa shape index (κ1) is 22.7. The zero-order valence-electron chi connectivity index (χ0n) is 17.4. The summed E-state index contributed by atoms with van der Waals surface area (Å²) in [6, 6.07) is 14.2. The summed E-state index contributed by atoms with van der Waals surface area (Å²) >= 11 is 7.70. The van der Waals surface area contributed by atoms with Crippen LogP contribution in [0.1, 0.15) is 23.8 Å². The Balaban J connectivity index is 1.36. The van der Waals surface area contributed by atoms with E-state index in [0.29, 0.717) is 29.5 Å². The molecule has 2 aromatic carbocycles. The number of sulfonamides is 1. The van der Waals surface area contributed by atoms with Crippen LogP contribution in [0, 0.1) is 0 Å². The summed E-state index contributed by atoms with van der Waals surface area (Å²) in [6.07, 6.45) is 4.68. The highest BCUT2D eigenvalue weighted by molar-refractivity contribution is 7.88. The molecule has 2 heterocycles. The van der Waals surface area contributed by atoms with Crippen LogP contribution in [0.25, 0.3) is 10.4 Å². The maximum atomic E-state index is 12.2. The van der Waals surface area contributed by atoms with Crippen molar-refractivity contribution in [2.24, 2.45) is 0 Å². The van der Waals surface area contributed by atoms with E-state index in [1.807, 2.05) is 30.5 Å². The molecular formula is C22H23ClN4O3S2. The van der Waals surface area contributed by atoms with Crippen molar-refractivity contribution in [3.05, 3.63) is 64.8 Å². The number of nitrogens with one attached hydrogen (secondary N) is 2. The van der Waals surface area contributed by atoms with E-state index >= 15 is 0 Å². The molecule has 0 atom stereocenters. The summed E-state index contributed by atoms with van der Waals surface area (Å²) in [6.45, 7) is 1.07. The van der Waals surface area contributed by atoms with Crippen LogP contribution in [0.15, 0.2) is 54.7 Å². The standard InChI is InChI=1S/C22H23ClN4O3S2/c1-32(29,30)27-12-10-16(11-13-27)21-24-14-20(31-21)15-6-8-17(9-7-15)25-22(28)26-19-5-3-2-4-18(19)23/h2-9,14,16H,10-13H2,1H3,(H2,25,26,28). The number of piperidine rings is 1. The van der Waals surface area contributed by atoms with Crippen LogP contribution >= 0.6 is 22.9 Å². The molecule has 0 spiro atoms. The van der Waals surface area contributed by atoms with Crippen molar-refractivity contribution in [1.29, 1.82) is 0 Å². The third-order valence-corrected chi connectivity index (χ3v) is 8.19. The lowest BCUT2D eigenvalue weighted by atomic mass is 9.99. The first-order chi connectivity index (χ1) is 15.3. The number of urea groups is 1. The van der Waals surface area contributed by atoms with Crippen LogP contribution in [0.2, 0.25) is 5.02 Å². The van der Waals surface area contributed by atoms with Crippen molar-refractivity contribution in [3.8, 4) is 10.4 Å². The van der Waals surface area contributed by atoms with Gasteiger partial charge in [0.25, 0.3) is 0 Å². The van der Waals surface area contributed by atoms with E-state index in [9.17, 15) is 13.2 Å². The minimum Gasteiger partial charge on any atom is -0.308 e. The Hall–Kier alpha value is -2.46. The summed E-state index contributed by atoms with van der Waals surface area (Å²) in [5.74, 6) is 0.279. The Bertz CT molecular complexity index is 1200. The molecule has 0 unspecified atom stereocenters. The maximum absolute atomic E-state index is 12.2. The lowest BCUT2D eigenvalue weighted by Gasteiger charge is -2.29. The monoisotopic (exact) mass is 490 g/mol. The number of hydrogen-bond acceptors (Lipinski definition) is 5. The lowest BCUT2D eigenvalue weighted by Crippen LogP contribution is -2.37. The van der Waals surface area contributed by atoms with Gasteiger partial charge in [-0.15, -0.1) is 11.3 Å². The van der Waals surface area contributed by atoms with E-state index in [1.165, 1.54) is 10.6 Å². The number of para-hydroxylation sites is 1. The van der Waals surface area contributed by atoms with Crippen LogP contribution in [-0.2, 0) is 10.0 Å². The molecule has 1 fully saturated rings. The summed E-state index contributed by atoms with van der Waals surface area (Å²) in [7, 11) is -3.13. The van der Waals surface area contributed by atoms with E-state index in [-0.39, 0.29) is 11.9 Å². The van der Waals surface area contributed by atoms with Crippen LogP contribution in [0.4, 0.5) is 16.2 Å². The van der Waals surface area contributed by atoms with Crippen molar-refractivity contribution in [2.75, 3.05) is 30.0 Å². The highest BCUT2D eigenvalue weighted by Crippen LogP contribution is 2.35. The average Bonchev–Trinajstić information content (AvgIpc) is 3.26. The van der Waals surface area contributed by atoms with Gasteiger partial charge in [-0.1, -0.05) is 35.9 Å². The lowest BCUT2D eigenvalue weighted by molar-refractivity contribution is 0.262. The van der Waals surface area contributed by atoms with Crippen molar-refractivity contribution in [1.82, 2.24) is 9.29 Å². The first-order valence-electron chi connectivity index (χ1n) is 10.1. The number of thiazole rings is 1. The number of anilines is 2. The quantitative estimate of drug-likeness (QED) is 0.511. The highest BCUT2D eigenvalue weighted by Gasteiger charge is 2.27. The summed E-state index contributed by atoms with van der Waals surface area (Å²) in [5.41, 5.74) is 2.22. The SMILES string of the molecule is CS(=O)(=O)N1CCC(c2ncc(-c3ccc(NC(=O)Nc4ccccc4Cl)cc3)s2)CC1. The number of carbonyl (C=O) groups excluding carboxylic acids is 1. The van der Waals surface area contributed by atoms with Gasteiger partial charge in [0, 0.05) is 30.9 Å². The number of hydrogen-bond donors (Lipinski definition) is 2. The van der Waals surface area contributed by atoms with Gasteiger partial charge in [0.15, 0.2) is 0 Å². The van der Waals surface area contributed by atoms with Crippen LogP contribution in [-0.4, -0.2) is 43.1 Å². The van der Waals surface area contributed by atoms with Crippen molar-refractivity contribution >= 4 is 50.4 Å². The van der Waals surface area contributed by atoms with E-state index < -0.39 is 10.0 Å². The van der Waals surface area contributed by atoms with Gasteiger partial charge < -0.3 is 10.6 Å². The molecule has 3 aromatic rings. The topological polar surface area (TPSA) is 91.4 Å². The molecule has 0 saturated carbocycles. The van der Waals surface area contributed by atoms with Crippen molar-refractivity contribution in [3.63, 3.8) is 0 Å². The highest BCUT2D eigenvalue weighted by atomic mass is 35.5. The molecule has 10 heteroatoms. The fraction of sp³-hybridized carbons (Fsp3) is 0.273. The van der Waals surface area contributed by atoms with Crippen LogP contribution in [0.3, 0.4) is 0 Å². The zero-order valence-corrected chi connectivity index (χ0v) is 19.8. The molecule has 0 bridgehead atoms. The predicted molar refractivity (Wildman–Crippen MR) is 130 cm³/mol. The first-order valence-corrected chi connectivity index (χ1v) is 13.2. The van der Waals surface area contributed by atoms with E-state index in [0.717, 1.165) is 28.3 Å². The average molecular weight is 491 g/mol. The second-order valence-corrected chi connectivity index (χ2v) is 11.1. The summed E-state index contributed by atoms with van der Waals surface area (Å²) < 4.78 is 24.9. The van der Waals surface area contributed by atoms with Gasteiger partial charge in [0.1, 0.15) is 0 Å². The molecule has 1 aromatic heterocycles. The minimum atomic E-state index is -3.13. The molecule has 2 N–H and O–H groups in total. The Labute approximate surface area is 196 Å². The number of carbonyl (C=O) groups is 1. The fourth-order valence-electron chi connectivity index (χ4n) is 3.61. The van der Waals surface area contributed by atoms with Gasteiger partial charge in [0.05, 0.1) is 26.9 Å². The molecule has 168 valence electrons. The predicted octanol–water partition coefficient (Wildman–Crippen LogP) is 5.25. The molecule has 32 heavy (non-hydrogen) atoms. The van der Waals surface area contributed by atoms with Gasteiger partial charge in [-0.25, -0.2) is 22.5 Å². The number of aromatic nitrogens is 1. The Morgan fingerprint density at radius 3 is 2.44 bits per heavy atom. The molecule has 7 nitrogen and oxygen atoms in total. The van der Waals surface area contributed by atoms with E-state index in [4.69, 9.17) is 11.6 Å². The molecule has 1 aliphatic heterocycles. The number of benzene rings is 2. The fourth-order valence-corrected chi connectivity index (χ4v) is 5.76. The molecule has 0 aliphatic carbocycles. The van der Waals surface area contributed by atoms with Crippen molar-refractivity contribution < 1.29 is 13.2 Å². The normalized spacial score (nSPS) is 15.4. The third kappa shape index (κ3) is 5.47. The van der Waals surface area contributed by atoms with E-state index in [1.54, 1.807) is 35.6 Å². The van der Waals surface area contributed by atoms with Gasteiger partial charge >= 0.3 is 6.03 Å².